The van der Waals surface area contributed by atoms with Crippen molar-refractivity contribution in [1.29, 1.82) is 0 Å². The van der Waals surface area contributed by atoms with Crippen molar-refractivity contribution in [2.75, 3.05) is 5.32 Å². The van der Waals surface area contributed by atoms with Crippen molar-refractivity contribution >= 4 is 23.4 Å². The minimum atomic E-state index is -0.453. The van der Waals surface area contributed by atoms with E-state index in [-0.39, 0.29) is 5.91 Å². The molecular formula is C22H24FN5OS. The lowest BCUT2D eigenvalue weighted by Gasteiger charge is -2.13. The maximum Gasteiger partial charge on any atom is 0.237 e. The van der Waals surface area contributed by atoms with Gasteiger partial charge >= 0.3 is 0 Å². The van der Waals surface area contributed by atoms with Gasteiger partial charge in [0.15, 0.2) is 11.0 Å². The lowest BCUT2D eigenvalue weighted by Crippen LogP contribution is -2.23. The molecule has 8 heteroatoms. The monoisotopic (exact) mass is 425 g/mol. The number of pyridine rings is 1. The van der Waals surface area contributed by atoms with E-state index in [1.165, 1.54) is 29.6 Å². The van der Waals surface area contributed by atoms with E-state index < -0.39 is 11.1 Å². The number of carbonyl (C=O) groups is 1. The average Bonchev–Trinajstić information content (AvgIpc) is 3.11. The number of halogens is 1. The molecule has 1 atom stereocenters. The summed E-state index contributed by atoms with van der Waals surface area (Å²) in [6.07, 6.45) is 4.36. The number of aromatic nitrogens is 4. The van der Waals surface area contributed by atoms with Crippen molar-refractivity contribution in [2.24, 2.45) is 0 Å². The van der Waals surface area contributed by atoms with Gasteiger partial charge in [-0.05, 0) is 36.6 Å². The SMILES string of the molecule is C=CCn1c(SC(C)C(=O)Nc2ccc(C(C)C)cc2)nnc1-c1cncc(F)c1. The third kappa shape index (κ3) is 5.13. The van der Waals surface area contributed by atoms with Crippen molar-refractivity contribution in [1.82, 2.24) is 19.7 Å². The molecule has 0 aliphatic rings. The van der Waals surface area contributed by atoms with Gasteiger partial charge in [0.2, 0.25) is 5.91 Å². The molecule has 1 unspecified atom stereocenters. The van der Waals surface area contributed by atoms with Gasteiger partial charge in [-0.15, -0.1) is 16.8 Å². The van der Waals surface area contributed by atoms with E-state index in [0.717, 1.165) is 11.9 Å². The Morgan fingerprint density at radius 1 is 1.23 bits per heavy atom. The van der Waals surface area contributed by atoms with Crippen LogP contribution in [0.5, 0.6) is 0 Å². The maximum atomic E-state index is 13.6. The first-order valence-electron chi connectivity index (χ1n) is 9.61. The summed E-state index contributed by atoms with van der Waals surface area (Å²) in [5.41, 5.74) is 2.47. The van der Waals surface area contributed by atoms with Crippen LogP contribution >= 0.6 is 11.8 Å². The van der Waals surface area contributed by atoms with E-state index in [0.29, 0.717) is 29.0 Å². The number of benzene rings is 1. The highest BCUT2D eigenvalue weighted by molar-refractivity contribution is 8.00. The third-order valence-corrected chi connectivity index (χ3v) is 5.57. The zero-order valence-electron chi connectivity index (χ0n) is 17.2. The summed E-state index contributed by atoms with van der Waals surface area (Å²) in [6, 6.07) is 9.18. The van der Waals surface area contributed by atoms with E-state index in [1.807, 2.05) is 24.3 Å². The van der Waals surface area contributed by atoms with Crippen LogP contribution in [-0.2, 0) is 11.3 Å². The molecule has 0 radical (unpaired) electrons. The van der Waals surface area contributed by atoms with Crippen LogP contribution < -0.4 is 5.32 Å². The molecule has 0 bridgehead atoms. The van der Waals surface area contributed by atoms with Crippen LogP contribution in [0.1, 0.15) is 32.3 Å². The fourth-order valence-corrected chi connectivity index (χ4v) is 3.68. The summed E-state index contributed by atoms with van der Waals surface area (Å²) in [5.74, 6) is 0.315. The highest BCUT2D eigenvalue weighted by Gasteiger charge is 2.21. The number of hydrogen-bond acceptors (Lipinski definition) is 5. The molecule has 1 amide bonds. The molecule has 2 aromatic heterocycles. The van der Waals surface area contributed by atoms with Gasteiger partial charge in [-0.25, -0.2) is 4.39 Å². The standard InChI is InChI=1S/C22H24FN5OS/c1-5-10-28-20(17-11-18(23)13-24-12-17)26-27-22(28)30-15(4)21(29)25-19-8-6-16(7-9-19)14(2)3/h5-9,11-15H,1,10H2,2-4H3,(H,25,29). The van der Waals surface area contributed by atoms with Crippen LogP contribution in [0.15, 0.2) is 60.5 Å². The molecule has 30 heavy (non-hydrogen) atoms. The predicted molar refractivity (Wildman–Crippen MR) is 118 cm³/mol. The van der Waals surface area contributed by atoms with E-state index in [2.05, 4.69) is 40.9 Å². The Morgan fingerprint density at radius 2 is 1.97 bits per heavy atom. The van der Waals surface area contributed by atoms with Crippen molar-refractivity contribution in [3.8, 4) is 11.4 Å². The maximum absolute atomic E-state index is 13.6. The zero-order chi connectivity index (χ0) is 21.7. The molecular weight excluding hydrogens is 401 g/mol. The molecule has 3 rings (SSSR count). The number of hydrogen-bond donors (Lipinski definition) is 1. The summed E-state index contributed by atoms with van der Waals surface area (Å²) in [7, 11) is 0. The van der Waals surface area contributed by atoms with Crippen molar-refractivity contribution in [3.05, 3.63) is 66.8 Å². The second kappa shape index (κ2) is 9.67. The van der Waals surface area contributed by atoms with E-state index in [1.54, 1.807) is 17.6 Å². The number of nitrogens with zero attached hydrogens (tertiary/aromatic N) is 4. The molecule has 3 aromatic rings. The molecule has 0 saturated carbocycles. The summed E-state index contributed by atoms with van der Waals surface area (Å²) in [4.78, 5) is 16.5. The Kier molecular flexibility index (Phi) is 6.99. The number of rotatable bonds is 8. The normalized spacial score (nSPS) is 12.0. The van der Waals surface area contributed by atoms with Crippen molar-refractivity contribution in [3.63, 3.8) is 0 Å². The first-order chi connectivity index (χ1) is 14.4. The predicted octanol–water partition coefficient (Wildman–Crippen LogP) is 4.91. The van der Waals surface area contributed by atoms with Gasteiger partial charge in [-0.2, -0.15) is 0 Å². The van der Waals surface area contributed by atoms with Gasteiger partial charge in [0, 0.05) is 24.0 Å². The third-order valence-electron chi connectivity index (χ3n) is 4.49. The van der Waals surface area contributed by atoms with Crippen LogP contribution in [0, 0.1) is 5.82 Å². The van der Waals surface area contributed by atoms with Gasteiger partial charge in [0.05, 0.1) is 11.4 Å². The second-order valence-corrected chi connectivity index (χ2v) is 8.43. The number of carbonyl (C=O) groups excluding carboxylic acids is 1. The van der Waals surface area contributed by atoms with Crippen LogP contribution in [0.3, 0.4) is 0 Å². The number of allylic oxidation sites excluding steroid dienone is 1. The zero-order valence-corrected chi connectivity index (χ0v) is 18.0. The first kappa shape index (κ1) is 21.7. The summed E-state index contributed by atoms with van der Waals surface area (Å²) in [6.45, 7) is 10.2. The van der Waals surface area contributed by atoms with Crippen LogP contribution in [0.4, 0.5) is 10.1 Å². The number of amides is 1. The molecule has 0 saturated heterocycles. The summed E-state index contributed by atoms with van der Waals surface area (Å²) in [5, 5.41) is 11.4. The molecule has 1 aromatic carbocycles. The Morgan fingerprint density at radius 3 is 2.60 bits per heavy atom. The first-order valence-corrected chi connectivity index (χ1v) is 10.5. The van der Waals surface area contributed by atoms with Gasteiger partial charge < -0.3 is 5.32 Å². The van der Waals surface area contributed by atoms with Crippen LogP contribution in [0.2, 0.25) is 0 Å². The number of thioether (sulfide) groups is 1. The molecule has 2 heterocycles. The Balaban J connectivity index is 1.74. The van der Waals surface area contributed by atoms with Gasteiger partial charge in [0.1, 0.15) is 5.82 Å². The lowest BCUT2D eigenvalue weighted by atomic mass is 10.0. The van der Waals surface area contributed by atoms with E-state index in [9.17, 15) is 9.18 Å². The summed E-state index contributed by atoms with van der Waals surface area (Å²) < 4.78 is 15.4. The van der Waals surface area contributed by atoms with Crippen LogP contribution in [0.25, 0.3) is 11.4 Å². The molecule has 6 nitrogen and oxygen atoms in total. The minimum absolute atomic E-state index is 0.139. The van der Waals surface area contributed by atoms with Crippen molar-refractivity contribution < 1.29 is 9.18 Å². The molecule has 0 spiro atoms. The fraction of sp³-hybridized carbons (Fsp3) is 0.273. The smallest absolute Gasteiger partial charge is 0.237 e. The van der Waals surface area contributed by atoms with Gasteiger partial charge in [-0.3, -0.25) is 14.3 Å². The molecule has 0 aliphatic heterocycles. The Bertz CT molecular complexity index is 1030. The quantitative estimate of drug-likeness (QED) is 0.410. The average molecular weight is 426 g/mol. The largest absolute Gasteiger partial charge is 0.325 e. The molecule has 0 fully saturated rings. The van der Waals surface area contributed by atoms with E-state index in [4.69, 9.17) is 0 Å². The Labute approximate surface area is 179 Å². The highest BCUT2D eigenvalue weighted by atomic mass is 32.2. The topological polar surface area (TPSA) is 72.7 Å². The summed E-state index contributed by atoms with van der Waals surface area (Å²) >= 11 is 1.28. The molecule has 0 aliphatic carbocycles. The van der Waals surface area contributed by atoms with Gasteiger partial charge in [0.25, 0.3) is 0 Å². The Hall–Kier alpha value is -3.00. The lowest BCUT2D eigenvalue weighted by molar-refractivity contribution is -0.115. The minimum Gasteiger partial charge on any atom is -0.325 e. The van der Waals surface area contributed by atoms with Crippen molar-refractivity contribution in [2.45, 2.75) is 43.6 Å². The fourth-order valence-electron chi connectivity index (χ4n) is 2.82. The second-order valence-electron chi connectivity index (χ2n) is 7.12. The van der Waals surface area contributed by atoms with E-state index >= 15 is 0 Å². The van der Waals surface area contributed by atoms with Gasteiger partial charge in [-0.1, -0.05) is 43.8 Å². The van der Waals surface area contributed by atoms with Crippen LogP contribution in [-0.4, -0.2) is 30.9 Å². The molecule has 156 valence electrons. The molecule has 1 N–H and O–H groups in total. The highest BCUT2D eigenvalue weighted by Crippen LogP contribution is 2.27. The number of anilines is 1. The number of nitrogens with one attached hydrogen (secondary N) is 1.